The molecule has 0 radical (unpaired) electrons. The zero-order valence-corrected chi connectivity index (χ0v) is 17.6. The molecule has 0 fully saturated rings. The monoisotopic (exact) mass is 449 g/mol. The second-order valence-electron chi connectivity index (χ2n) is 6.04. The van der Waals surface area contributed by atoms with Crippen molar-refractivity contribution in [2.45, 2.75) is 11.3 Å². The van der Waals surface area contributed by atoms with Crippen molar-refractivity contribution in [3.05, 3.63) is 59.4 Å². The summed E-state index contributed by atoms with van der Waals surface area (Å²) in [7, 11) is 2.36. The van der Waals surface area contributed by atoms with Crippen LogP contribution in [0.1, 0.15) is 27.1 Å². The largest absolute Gasteiger partial charge is 0.465 e. The highest BCUT2D eigenvalue weighted by Crippen LogP contribution is 2.19. The van der Waals surface area contributed by atoms with Crippen LogP contribution in [-0.2, 0) is 23.8 Å². The summed E-state index contributed by atoms with van der Waals surface area (Å²) in [5, 5.41) is 2.45. The Kier molecular flexibility index (Phi) is 9.01. The van der Waals surface area contributed by atoms with Crippen molar-refractivity contribution in [1.82, 2.24) is 0 Å². The number of methoxy groups -OCH3 is 2. The van der Waals surface area contributed by atoms with Gasteiger partial charge < -0.3 is 19.5 Å². The van der Waals surface area contributed by atoms with Crippen molar-refractivity contribution in [3.63, 3.8) is 0 Å². The van der Waals surface area contributed by atoms with E-state index in [-0.39, 0.29) is 29.1 Å². The highest BCUT2D eigenvalue weighted by atomic mass is 32.2. The molecule has 2 aromatic carbocycles. The Morgan fingerprint density at radius 3 is 2.06 bits per heavy atom. The number of hydrogen-bond donors (Lipinski definition) is 1. The third-order valence-corrected chi connectivity index (χ3v) is 4.83. The third-order valence-electron chi connectivity index (χ3n) is 3.81. The quantitative estimate of drug-likeness (QED) is 0.354. The van der Waals surface area contributed by atoms with Gasteiger partial charge in [0.2, 0.25) is 0 Å². The van der Waals surface area contributed by atoms with E-state index in [2.05, 4.69) is 14.8 Å². The fourth-order valence-electron chi connectivity index (χ4n) is 2.37. The van der Waals surface area contributed by atoms with Crippen LogP contribution < -0.4 is 5.32 Å². The van der Waals surface area contributed by atoms with Gasteiger partial charge in [-0.25, -0.2) is 14.0 Å². The first kappa shape index (κ1) is 23.9. The van der Waals surface area contributed by atoms with Crippen LogP contribution in [0.4, 0.5) is 10.1 Å². The molecule has 0 saturated carbocycles. The molecule has 1 amide bonds. The molecule has 164 valence electrons. The number of thioether (sulfide) groups is 1. The molecule has 0 aliphatic carbocycles. The molecule has 1 N–H and O–H groups in total. The average Bonchev–Trinajstić information content (AvgIpc) is 2.77. The van der Waals surface area contributed by atoms with Gasteiger partial charge in [-0.2, -0.15) is 0 Å². The van der Waals surface area contributed by atoms with E-state index >= 15 is 0 Å². The van der Waals surface area contributed by atoms with Crippen LogP contribution in [0.2, 0.25) is 0 Å². The summed E-state index contributed by atoms with van der Waals surface area (Å²) >= 11 is 1.35. The van der Waals surface area contributed by atoms with Gasteiger partial charge in [-0.1, -0.05) is 0 Å². The van der Waals surface area contributed by atoms with Gasteiger partial charge in [-0.05, 0) is 42.5 Å². The van der Waals surface area contributed by atoms with Crippen molar-refractivity contribution < 1.29 is 37.8 Å². The number of hydrogen-bond acceptors (Lipinski definition) is 8. The van der Waals surface area contributed by atoms with Crippen molar-refractivity contribution in [1.29, 1.82) is 0 Å². The van der Waals surface area contributed by atoms with Crippen LogP contribution in [0.25, 0.3) is 0 Å². The van der Waals surface area contributed by atoms with Gasteiger partial charge in [0.05, 0.1) is 31.8 Å². The van der Waals surface area contributed by atoms with Crippen LogP contribution in [0.15, 0.2) is 47.4 Å². The van der Waals surface area contributed by atoms with Gasteiger partial charge in [0.25, 0.3) is 5.91 Å². The molecule has 8 nitrogen and oxygen atoms in total. The average molecular weight is 449 g/mol. The van der Waals surface area contributed by atoms with E-state index in [1.54, 1.807) is 12.1 Å². The first-order valence-corrected chi connectivity index (χ1v) is 9.96. The summed E-state index contributed by atoms with van der Waals surface area (Å²) in [6.45, 7) is -0.546. The first-order valence-electron chi connectivity index (χ1n) is 8.98. The zero-order chi connectivity index (χ0) is 22.8. The smallest absolute Gasteiger partial charge is 0.337 e. The van der Waals surface area contributed by atoms with Gasteiger partial charge in [0, 0.05) is 16.3 Å². The topological polar surface area (TPSA) is 108 Å². The molecule has 10 heteroatoms. The van der Waals surface area contributed by atoms with Gasteiger partial charge in [-0.3, -0.25) is 9.59 Å². The van der Waals surface area contributed by atoms with Crippen molar-refractivity contribution in [2.24, 2.45) is 0 Å². The minimum Gasteiger partial charge on any atom is -0.465 e. The molecule has 0 spiro atoms. The van der Waals surface area contributed by atoms with Crippen molar-refractivity contribution in [2.75, 3.05) is 31.9 Å². The summed E-state index contributed by atoms with van der Waals surface area (Å²) in [5.41, 5.74) is 0.210. The molecule has 2 rings (SSSR count). The fraction of sp³-hybridized carbons (Fsp3) is 0.238. The van der Waals surface area contributed by atoms with Crippen LogP contribution in [0.5, 0.6) is 0 Å². The molecule has 0 aliphatic rings. The minimum atomic E-state index is -0.702. The summed E-state index contributed by atoms with van der Waals surface area (Å²) in [4.78, 5) is 48.2. The predicted octanol–water partition coefficient (Wildman–Crippen LogP) is 3.06. The molecule has 0 heterocycles. The highest BCUT2D eigenvalue weighted by Gasteiger charge is 2.15. The van der Waals surface area contributed by atoms with Crippen LogP contribution >= 0.6 is 11.8 Å². The Balaban J connectivity index is 1.86. The Morgan fingerprint density at radius 1 is 0.935 bits per heavy atom. The van der Waals surface area contributed by atoms with Crippen molar-refractivity contribution in [3.8, 4) is 0 Å². The maximum atomic E-state index is 12.9. The van der Waals surface area contributed by atoms with E-state index < -0.39 is 30.4 Å². The lowest BCUT2D eigenvalue weighted by molar-refractivity contribution is -0.146. The SMILES string of the molecule is COC(=O)c1cc(NC(=O)COC(=O)CCSc2ccc(F)cc2)cc(C(=O)OC)c1. The predicted molar refractivity (Wildman–Crippen MR) is 110 cm³/mol. The molecule has 2 aromatic rings. The van der Waals surface area contributed by atoms with Crippen LogP contribution in [0.3, 0.4) is 0 Å². The van der Waals surface area contributed by atoms with E-state index in [0.717, 1.165) is 4.90 Å². The summed E-state index contributed by atoms with van der Waals surface area (Å²) < 4.78 is 27.0. The standard InChI is InChI=1S/C21H20FNO7S/c1-28-20(26)13-9-14(21(27)29-2)11-16(10-13)23-18(24)12-30-19(25)7-8-31-17-5-3-15(22)4-6-17/h3-6,9-11H,7-8,12H2,1-2H3,(H,23,24). The number of nitrogens with one attached hydrogen (secondary N) is 1. The fourth-order valence-corrected chi connectivity index (χ4v) is 3.20. The molecule has 31 heavy (non-hydrogen) atoms. The molecular weight excluding hydrogens is 429 g/mol. The summed E-state index contributed by atoms with van der Waals surface area (Å²) in [6, 6.07) is 9.76. The normalized spacial score (nSPS) is 10.2. The molecule has 0 unspecified atom stereocenters. The second-order valence-corrected chi connectivity index (χ2v) is 7.21. The lowest BCUT2D eigenvalue weighted by Gasteiger charge is -2.10. The first-order chi connectivity index (χ1) is 14.8. The number of carbonyl (C=O) groups excluding carboxylic acids is 4. The second kappa shape index (κ2) is 11.7. The highest BCUT2D eigenvalue weighted by molar-refractivity contribution is 7.99. The maximum absolute atomic E-state index is 12.9. The Morgan fingerprint density at radius 2 is 1.52 bits per heavy atom. The Bertz CT molecular complexity index is 928. The Hall–Kier alpha value is -3.40. The maximum Gasteiger partial charge on any atom is 0.337 e. The number of esters is 3. The summed E-state index contributed by atoms with van der Waals surface area (Å²) in [5.74, 6) is -2.58. The van der Waals surface area contributed by atoms with Crippen LogP contribution in [-0.4, -0.2) is 50.4 Å². The molecule has 0 bridgehead atoms. The van der Waals surface area contributed by atoms with Gasteiger partial charge >= 0.3 is 17.9 Å². The van der Waals surface area contributed by atoms with Gasteiger partial charge in [0.1, 0.15) is 5.82 Å². The molecular formula is C21H20FNO7S. The van der Waals surface area contributed by atoms with E-state index in [4.69, 9.17) is 4.74 Å². The number of halogens is 1. The Labute approximate surface area is 182 Å². The number of benzene rings is 2. The lowest BCUT2D eigenvalue weighted by Crippen LogP contribution is -2.21. The zero-order valence-electron chi connectivity index (χ0n) is 16.8. The number of anilines is 1. The molecule has 0 aliphatic heterocycles. The van der Waals surface area contributed by atoms with Crippen LogP contribution in [0, 0.1) is 5.82 Å². The van der Waals surface area contributed by atoms with Crippen molar-refractivity contribution >= 4 is 41.3 Å². The minimum absolute atomic E-state index is 0.0375. The molecule has 0 atom stereocenters. The summed E-state index contributed by atoms with van der Waals surface area (Å²) in [6.07, 6.45) is 0.0552. The van der Waals surface area contributed by atoms with Gasteiger partial charge in [0.15, 0.2) is 6.61 Å². The number of rotatable bonds is 9. The lowest BCUT2D eigenvalue weighted by atomic mass is 10.1. The van der Waals surface area contributed by atoms with E-state index in [1.165, 1.54) is 56.3 Å². The van der Waals surface area contributed by atoms with E-state index in [9.17, 15) is 23.6 Å². The molecule has 0 aromatic heterocycles. The van der Waals surface area contributed by atoms with E-state index in [0.29, 0.717) is 5.75 Å². The van der Waals surface area contributed by atoms with E-state index in [1.807, 2.05) is 0 Å². The number of ether oxygens (including phenoxy) is 3. The van der Waals surface area contributed by atoms with Gasteiger partial charge in [-0.15, -0.1) is 11.8 Å². The number of amides is 1. The number of carbonyl (C=O) groups is 4. The third kappa shape index (κ3) is 7.74. The molecule has 0 saturated heterocycles.